The van der Waals surface area contributed by atoms with Crippen LogP contribution >= 0.6 is 0 Å². The molecule has 1 spiro atoms. The van der Waals surface area contributed by atoms with Gasteiger partial charge in [0.2, 0.25) is 5.91 Å². The molecule has 0 aromatic heterocycles. The van der Waals surface area contributed by atoms with E-state index in [-0.39, 0.29) is 17.6 Å². The molecule has 4 heteroatoms. The van der Waals surface area contributed by atoms with Crippen LogP contribution in [0.4, 0.5) is 0 Å². The summed E-state index contributed by atoms with van der Waals surface area (Å²) in [6.07, 6.45) is 4.41. The van der Waals surface area contributed by atoms with Crippen molar-refractivity contribution in [3.05, 3.63) is 35.9 Å². The zero-order valence-electron chi connectivity index (χ0n) is 13.3. The van der Waals surface area contributed by atoms with E-state index in [1.165, 1.54) is 5.56 Å². The third kappa shape index (κ3) is 3.18. The maximum absolute atomic E-state index is 12.5. The van der Waals surface area contributed by atoms with Crippen LogP contribution in [0, 0.1) is 0 Å². The van der Waals surface area contributed by atoms with Gasteiger partial charge in [-0.25, -0.2) is 0 Å². The fourth-order valence-corrected chi connectivity index (χ4v) is 3.68. The number of likely N-dealkylation sites (tertiary alicyclic amines) is 1. The molecule has 2 heterocycles. The van der Waals surface area contributed by atoms with Gasteiger partial charge in [0.05, 0.1) is 5.60 Å². The number of hydrogen-bond acceptors (Lipinski definition) is 3. The maximum Gasteiger partial charge on any atom is 0.222 e. The first-order valence-corrected chi connectivity index (χ1v) is 8.22. The van der Waals surface area contributed by atoms with Crippen LogP contribution in [0.25, 0.3) is 0 Å². The number of piperidine rings is 1. The molecule has 2 aliphatic heterocycles. The Kier molecular flexibility index (Phi) is 4.79. The minimum atomic E-state index is -0.148. The third-order valence-corrected chi connectivity index (χ3v) is 5.02. The average Bonchev–Trinajstić information content (AvgIpc) is 3.03. The van der Waals surface area contributed by atoms with Crippen LogP contribution in [-0.4, -0.2) is 49.3 Å². The van der Waals surface area contributed by atoms with Crippen LogP contribution in [0.15, 0.2) is 30.3 Å². The molecular weight excluding hydrogens is 278 g/mol. The van der Waals surface area contributed by atoms with E-state index in [1.807, 2.05) is 23.1 Å². The summed E-state index contributed by atoms with van der Waals surface area (Å²) in [6.45, 7) is 2.26. The summed E-state index contributed by atoms with van der Waals surface area (Å²) < 4.78 is 11.6. The normalized spacial score (nSPS) is 28.2. The minimum absolute atomic E-state index is 0.00410. The number of nitrogens with zero attached hydrogens (tertiary/aromatic N) is 1. The summed E-state index contributed by atoms with van der Waals surface area (Å²) in [4.78, 5) is 14.4. The van der Waals surface area contributed by atoms with Gasteiger partial charge in [0.25, 0.3) is 0 Å². The molecule has 2 aliphatic rings. The molecule has 120 valence electrons. The first-order valence-electron chi connectivity index (χ1n) is 8.22. The molecule has 3 rings (SSSR count). The van der Waals surface area contributed by atoms with Gasteiger partial charge in [-0.2, -0.15) is 0 Å². The second-order valence-electron chi connectivity index (χ2n) is 6.32. The zero-order valence-corrected chi connectivity index (χ0v) is 13.3. The van der Waals surface area contributed by atoms with E-state index in [0.29, 0.717) is 13.0 Å². The predicted octanol–water partition coefficient (Wildman–Crippen LogP) is 2.42. The first-order chi connectivity index (χ1) is 10.7. The molecule has 0 bridgehead atoms. The van der Waals surface area contributed by atoms with Crippen molar-refractivity contribution in [3.63, 3.8) is 0 Å². The van der Waals surface area contributed by atoms with E-state index >= 15 is 0 Å². The summed E-state index contributed by atoms with van der Waals surface area (Å²) in [7, 11) is 1.73. The Balaban J connectivity index is 1.55. The lowest BCUT2D eigenvalue weighted by Gasteiger charge is -2.44. The van der Waals surface area contributed by atoms with Crippen LogP contribution in [0.5, 0.6) is 0 Å². The second kappa shape index (κ2) is 6.80. The van der Waals surface area contributed by atoms with Gasteiger partial charge in [0.1, 0.15) is 6.10 Å². The van der Waals surface area contributed by atoms with Gasteiger partial charge >= 0.3 is 0 Å². The summed E-state index contributed by atoms with van der Waals surface area (Å²) in [6, 6.07) is 10.2. The van der Waals surface area contributed by atoms with E-state index in [2.05, 4.69) is 12.1 Å². The van der Waals surface area contributed by atoms with Gasteiger partial charge in [-0.05, 0) is 31.2 Å². The van der Waals surface area contributed by atoms with E-state index in [9.17, 15) is 4.79 Å². The zero-order chi connectivity index (χ0) is 15.4. The molecule has 4 nitrogen and oxygen atoms in total. The number of rotatable bonds is 4. The Hall–Kier alpha value is -1.39. The minimum Gasteiger partial charge on any atom is -0.377 e. The summed E-state index contributed by atoms with van der Waals surface area (Å²) in [5, 5.41) is 0. The molecule has 1 amide bonds. The Morgan fingerprint density at radius 3 is 2.86 bits per heavy atom. The van der Waals surface area contributed by atoms with Crippen LogP contribution in [0.1, 0.15) is 31.2 Å². The van der Waals surface area contributed by atoms with Crippen molar-refractivity contribution in [2.24, 2.45) is 0 Å². The van der Waals surface area contributed by atoms with Gasteiger partial charge in [0, 0.05) is 33.2 Å². The Bertz CT molecular complexity index is 496. The van der Waals surface area contributed by atoms with E-state index in [0.717, 1.165) is 38.8 Å². The molecule has 2 saturated heterocycles. The predicted molar refractivity (Wildman–Crippen MR) is 84.7 cm³/mol. The Morgan fingerprint density at radius 1 is 1.36 bits per heavy atom. The highest BCUT2D eigenvalue weighted by molar-refractivity contribution is 5.76. The van der Waals surface area contributed by atoms with E-state index in [1.54, 1.807) is 7.11 Å². The number of carbonyl (C=O) groups is 1. The van der Waals surface area contributed by atoms with Crippen LogP contribution in [0.3, 0.4) is 0 Å². The highest BCUT2D eigenvalue weighted by atomic mass is 16.5. The molecule has 0 unspecified atom stereocenters. The molecule has 22 heavy (non-hydrogen) atoms. The fourth-order valence-electron chi connectivity index (χ4n) is 3.68. The van der Waals surface area contributed by atoms with Crippen molar-refractivity contribution < 1.29 is 14.3 Å². The van der Waals surface area contributed by atoms with Crippen molar-refractivity contribution in [2.75, 3.05) is 26.8 Å². The largest absolute Gasteiger partial charge is 0.377 e. The molecule has 2 atom stereocenters. The summed E-state index contributed by atoms with van der Waals surface area (Å²) in [5.74, 6) is 0.221. The molecular formula is C18H25NO3. The monoisotopic (exact) mass is 303 g/mol. The average molecular weight is 303 g/mol. The number of aryl methyl sites for hydroxylation is 1. The molecule has 2 fully saturated rings. The highest BCUT2D eigenvalue weighted by Gasteiger charge is 2.47. The third-order valence-electron chi connectivity index (χ3n) is 5.02. The molecule has 1 aromatic carbocycles. The number of benzene rings is 1. The Labute approximate surface area is 132 Å². The van der Waals surface area contributed by atoms with Crippen molar-refractivity contribution in [1.29, 1.82) is 0 Å². The SMILES string of the molecule is CO[C@H]1CN(C(=O)CCc2ccccc2)CC[C@@]12CCCO2. The van der Waals surface area contributed by atoms with Crippen LogP contribution in [0.2, 0.25) is 0 Å². The fraction of sp³-hybridized carbons (Fsp3) is 0.611. The van der Waals surface area contributed by atoms with Crippen LogP contribution < -0.4 is 0 Å². The summed E-state index contributed by atoms with van der Waals surface area (Å²) >= 11 is 0. The lowest BCUT2D eigenvalue weighted by atomic mass is 9.85. The van der Waals surface area contributed by atoms with Crippen LogP contribution in [-0.2, 0) is 20.7 Å². The summed E-state index contributed by atoms with van der Waals surface area (Å²) in [5.41, 5.74) is 1.07. The topological polar surface area (TPSA) is 38.8 Å². The lowest BCUT2D eigenvalue weighted by molar-refractivity contribution is -0.158. The van der Waals surface area contributed by atoms with Crippen molar-refractivity contribution in [1.82, 2.24) is 4.90 Å². The van der Waals surface area contributed by atoms with Crippen molar-refractivity contribution >= 4 is 5.91 Å². The first kappa shape index (κ1) is 15.5. The molecule has 1 aromatic rings. The van der Waals surface area contributed by atoms with Crippen molar-refractivity contribution in [3.8, 4) is 0 Å². The number of amides is 1. The molecule has 0 N–H and O–H groups in total. The van der Waals surface area contributed by atoms with Crippen molar-refractivity contribution in [2.45, 2.75) is 43.8 Å². The van der Waals surface area contributed by atoms with Gasteiger partial charge < -0.3 is 14.4 Å². The lowest BCUT2D eigenvalue weighted by Crippen LogP contribution is -2.57. The van der Waals surface area contributed by atoms with Gasteiger partial charge in [0.15, 0.2) is 0 Å². The molecule has 0 saturated carbocycles. The smallest absolute Gasteiger partial charge is 0.222 e. The Morgan fingerprint density at radius 2 is 2.18 bits per heavy atom. The van der Waals surface area contributed by atoms with E-state index < -0.39 is 0 Å². The maximum atomic E-state index is 12.5. The van der Waals surface area contributed by atoms with Gasteiger partial charge in [-0.15, -0.1) is 0 Å². The number of carbonyl (C=O) groups excluding carboxylic acids is 1. The number of ether oxygens (including phenoxy) is 2. The molecule has 0 aliphatic carbocycles. The number of hydrogen-bond donors (Lipinski definition) is 0. The standard InChI is InChI=1S/C18H25NO3/c1-21-16-14-19(12-11-18(16)10-5-13-22-18)17(20)9-8-15-6-3-2-4-7-15/h2-4,6-7,16H,5,8-14H2,1H3/t16-,18-/m0/s1. The van der Waals surface area contributed by atoms with E-state index in [4.69, 9.17) is 9.47 Å². The quantitative estimate of drug-likeness (QED) is 0.857. The van der Waals surface area contributed by atoms with Gasteiger partial charge in [-0.3, -0.25) is 4.79 Å². The molecule has 0 radical (unpaired) electrons. The second-order valence-corrected chi connectivity index (χ2v) is 6.32. The highest BCUT2D eigenvalue weighted by Crippen LogP contribution is 2.37. The number of methoxy groups -OCH3 is 1. The van der Waals surface area contributed by atoms with Gasteiger partial charge in [-0.1, -0.05) is 30.3 Å².